The summed E-state index contributed by atoms with van der Waals surface area (Å²) >= 11 is 3.13. The number of aryl methyl sites for hydroxylation is 3. The number of thiophene rings is 1. The summed E-state index contributed by atoms with van der Waals surface area (Å²) < 4.78 is 0. The van der Waals surface area contributed by atoms with Gasteiger partial charge in [-0.15, -0.1) is 23.1 Å². The highest BCUT2D eigenvalue weighted by Gasteiger charge is 2.17. The van der Waals surface area contributed by atoms with Crippen molar-refractivity contribution in [1.82, 2.24) is 10.9 Å². The van der Waals surface area contributed by atoms with Crippen LogP contribution in [0.25, 0.3) is 0 Å². The second-order valence-corrected chi connectivity index (χ2v) is 8.23. The molecule has 2 amide bonds. The summed E-state index contributed by atoms with van der Waals surface area (Å²) in [4.78, 5) is 27.8. The number of fused-ring (bicyclic) bond motifs is 1. The second-order valence-electron chi connectivity index (χ2n) is 6.21. The van der Waals surface area contributed by atoms with Crippen molar-refractivity contribution in [1.29, 1.82) is 0 Å². The van der Waals surface area contributed by atoms with Crippen LogP contribution < -0.4 is 10.9 Å². The maximum atomic E-state index is 12.4. The number of rotatable bonds is 3. The Morgan fingerprint density at radius 3 is 2.60 bits per heavy atom. The normalized spacial score (nSPS) is 13.7. The van der Waals surface area contributed by atoms with E-state index in [9.17, 15) is 9.59 Å². The lowest BCUT2D eigenvalue weighted by atomic mass is 10.1. The summed E-state index contributed by atoms with van der Waals surface area (Å²) in [6, 6.07) is 7.72. The first kappa shape index (κ1) is 18.0. The topological polar surface area (TPSA) is 58.2 Å². The van der Waals surface area contributed by atoms with E-state index in [0.29, 0.717) is 10.4 Å². The first-order valence-electron chi connectivity index (χ1n) is 8.45. The molecule has 0 bridgehead atoms. The molecular weight excluding hydrogens is 352 g/mol. The number of amides is 2. The van der Waals surface area contributed by atoms with E-state index in [4.69, 9.17) is 0 Å². The van der Waals surface area contributed by atoms with Gasteiger partial charge in [-0.05, 0) is 68.2 Å². The van der Waals surface area contributed by atoms with Gasteiger partial charge in [0.05, 0.1) is 4.88 Å². The molecule has 0 atom stereocenters. The highest BCUT2D eigenvalue weighted by atomic mass is 32.2. The van der Waals surface area contributed by atoms with Crippen molar-refractivity contribution < 1.29 is 9.59 Å². The number of hydrogen-bond donors (Lipinski definition) is 2. The van der Waals surface area contributed by atoms with Crippen molar-refractivity contribution in [3.8, 4) is 0 Å². The van der Waals surface area contributed by atoms with Crippen LogP contribution in [0.2, 0.25) is 0 Å². The molecule has 1 aliphatic carbocycles. The van der Waals surface area contributed by atoms with Gasteiger partial charge in [0.25, 0.3) is 11.8 Å². The third-order valence-corrected chi connectivity index (χ3v) is 6.41. The van der Waals surface area contributed by atoms with E-state index in [2.05, 4.69) is 10.9 Å². The third-order valence-electron chi connectivity index (χ3n) is 4.45. The summed E-state index contributed by atoms with van der Waals surface area (Å²) in [5.41, 5.74) is 7.85. The Morgan fingerprint density at radius 1 is 1.04 bits per heavy atom. The van der Waals surface area contributed by atoms with E-state index in [0.717, 1.165) is 23.3 Å². The van der Waals surface area contributed by atoms with E-state index in [-0.39, 0.29) is 11.8 Å². The van der Waals surface area contributed by atoms with Gasteiger partial charge in [-0.3, -0.25) is 20.4 Å². The van der Waals surface area contributed by atoms with Crippen LogP contribution in [0.5, 0.6) is 0 Å². The molecule has 0 saturated heterocycles. The Hall–Kier alpha value is -1.79. The van der Waals surface area contributed by atoms with E-state index in [1.807, 2.05) is 37.4 Å². The van der Waals surface area contributed by atoms with Gasteiger partial charge in [-0.2, -0.15) is 0 Å². The van der Waals surface area contributed by atoms with E-state index in [1.54, 1.807) is 23.1 Å². The average Bonchev–Trinajstić information content (AvgIpc) is 2.90. The van der Waals surface area contributed by atoms with Gasteiger partial charge in [-0.1, -0.05) is 12.5 Å². The molecule has 0 unspecified atom stereocenters. The standard InChI is InChI=1S/C19H22N2O2S2/c1-12-8-9-14(24-2)11-15(12)18(22)20-21-19(23)17-10-13-6-4-3-5-7-16(13)25-17/h8-11H,3-7H2,1-2H3,(H,20,22)(H,21,23). The summed E-state index contributed by atoms with van der Waals surface area (Å²) in [6.45, 7) is 1.89. The number of benzene rings is 1. The largest absolute Gasteiger partial charge is 0.279 e. The molecule has 0 fully saturated rings. The molecule has 1 aliphatic rings. The highest BCUT2D eigenvalue weighted by Crippen LogP contribution is 2.28. The van der Waals surface area contributed by atoms with Crippen molar-refractivity contribution >= 4 is 34.9 Å². The molecule has 0 spiro atoms. The molecule has 3 rings (SSSR count). The van der Waals surface area contributed by atoms with Crippen molar-refractivity contribution in [2.75, 3.05) is 6.26 Å². The maximum Gasteiger partial charge on any atom is 0.279 e. The lowest BCUT2D eigenvalue weighted by Gasteiger charge is -2.09. The Labute approximate surface area is 156 Å². The van der Waals surface area contributed by atoms with Crippen molar-refractivity contribution in [3.05, 3.63) is 50.7 Å². The first-order chi connectivity index (χ1) is 12.1. The maximum absolute atomic E-state index is 12.4. The number of nitrogens with one attached hydrogen (secondary N) is 2. The minimum Gasteiger partial charge on any atom is -0.267 e. The number of thioether (sulfide) groups is 1. The molecule has 2 aromatic rings. The van der Waals surface area contributed by atoms with E-state index < -0.39 is 0 Å². The van der Waals surface area contributed by atoms with Crippen LogP contribution in [0.15, 0.2) is 29.2 Å². The van der Waals surface area contributed by atoms with Crippen LogP contribution >= 0.6 is 23.1 Å². The van der Waals surface area contributed by atoms with Crippen molar-refractivity contribution in [2.45, 2.75) is 43.9 Å². The zero-order chi connectivity index (χ0) is 17.8. The van der Waals surface area contributed by atoms with Crippen LogP contribution in [0.4, 0.5) is 0 Å². The summed E-state index contributed by atoms with van der Waals surface area (Å²) in [5, 5.41) is 0. The highest BCUT2D eigenvalue weighted by molar-refractivity contribution is 7.98. The predicted octanol–water partition coefficient (Wildman–Crippen LogP) is 4.12. The molecule has 4 nitrogen and oxygen atoms in total. The van der Waals surface area contributed by atoms with Gasteiger partial charge in [-0.25, -0.2) is 0 Å². The molecule has 1 aromatic carbocycles. The number of carbonyl (C=O) groups excluding carboxylic acids is 2. The summed E-state index contributed by atoms with van der Waals surface area (Å²) in [5.74, 6) is -0.537. The van der Waals surface area contributed by atoms with Gasteiger partial charge in [0.2, 0.25) is 0 Å². The molecule has 1 heterocycles. The molecule has 0 saturated carbocycles. The van der Waals surface area contributed by atoms with Gasteiger partial charge < -0.3 is 0 Å². The number of carbonyl (C=O) groups is 2. The number of hydrogen-bond acceptors (Lipinski definition) is 4. The fourth-order valence-corrected chi connectivity index (χ4v) is 4.58. The number of hydrazine groups is 1. The Kier molecular flexibility index (Phi) is 5.81. The van der Waals surface area contributed by atoms with Gasteiger partial charge in [0.15, 0.2) is 0 Å². The Balaban J connectivity index is 1.65. The lowest BCUT2D eigenvalue weighted by Crippen LogP contribution is -2.41. The van der Waals surface area contributed by atoms with E-state index >= 15 is 0 Å². The molecule has 0 radical (unpaired) electrons. The van der Waals surface area contributed by atoms with Crippen molar-refractivity contribution in [3.63, 3.8) is 0 Å². The van der Waals surface area contributed by atoms with Gasteiger partial charge in [0.1, 0.15) is 0 Å². The minimum absolute atomic E-state index is 0.245. The zero-order valence-electron chi connectivity index (χ0n) is 14.5. The smallest absolute Gasteiger partial charge is 0.267 e. The van der Waals surface area contributed by atoms with Gasteiger partial charge in [0, 0.05) is 15.3 Å². The SMILES string of the molecule is CSc1ccc(C)c(C(=O)NNC(=O)c2cc3c(s2)CCCCC3)c1. The Bertz CT molecular complexity index is 775. The van der Waals surface area contributed by atoms with Crippen molar-refractivity contribution in [2.24, 2.45) is 0 Å². The van der Waals surface area contributed by atoms with Crippen LogP contribution in [-0.2, 0) is 12.8 Å². The molecule has 1 aromatic heterocycles. The van der Waals surface area contributed by atoms with Crippen LogP contribution in [0.3, 0.4) is 0 Å². The van der Waals surface area contributed by atoms with Gasteiger partial charge >= 0.3 is 0 Å². The molecule has 25 heavy (non-hydrogen) atoms. The molecule has 132 valence electrons. The Morgan fingerprint density at radius 2 is 1.80 bits per heavy atom. The minimum atomic E-state index is -0.292. The lowest BCUT2D eigenvalue weighted by molar-refractivity contribution is 0.0848. The van der Waals surface area contributed by atoms with E-state index in [1.165, 1.54) is 29.7 Å². The first-order valence-corrected chi connectivity index (χ1v) is 10.5. The molecular formula is C19H22N2O2S2. The third kappa shape index (κ3) is 4.25. The second kappa shape index (κ2) is 8.06. The monoisotopic (exact) mass is 374 g/mol. The van der Waals surface area contributed by atoms with Crippen LogP contribution in [0.1, 0.15) is 55.3 Å². The van der Waals surface area contributed by atoms with Crippen LogP contribution in [-0.4, -0.2) is 18.1 Å². The summed E-state index contributed by atoms with van der Waals surface area (Å²) in [6.07, 6.45) is 7.71. The molecule has 6 heteroatoms. The fourth-order valence-electron chi connectivity index (χ4n) is 2.99. The zero-order valence-corrected chi connectivity index (χ0v) is 16.1. The fraction of sp³-hybridized carbons (Fsp3) is 0.368. The predicted molar refractivity (Wildman–Crippen MR) is 103 cm³/mol. The molecule has 0 aliphatic heterocycles. The quantitative estimate of drug-likeness (QED) is 0.483. The average molecular weight is 375 g/mol. The van der Waals surface area contributed by atoms with Crippen LogP contribution in [0, 0.1) is 6.92 Å². The summed E-state index contributed by atoms with van der Waals surface area (Å²) in [7, 11) is 0. The molecule has 2 N–H and O–H groups in total.